The predicted molar refractivity (Wildman–Crippen MR) is 96.8 cm³/mol. The normalized spacial score (nSPS) is 45.0. The van der Waals surface area contributed by atoms with Gasteiger partial charge < -0.3 is 14.9 Å². The van der Waals surface area contributed by atoms with E-state index in [1.165, 1.54) is 12.7 Å². The Kier molecular flexibility index (Phi) is 4.83. The molecular weight excluding hydrogens is 316 g/mol. The van der Waals surface area contributed by atoms with Gasteiger partial charge in [0.15, 0.2) is 0 Å². The minimum Gasteiger partial charge on any atom is -0.469 e. The van der Waals surface area contributed by atoms with Gasteiger partial charge in [-0.15, -0.1) is 0 Å². The second kappa shape index (κ2) is 6.38. The Morgan fingerprint density at radius 3 is 2.64 bits per heavy atom. The third-order valence-electron chi connectivity index (χ3n) is 8.01. The molecule has 4 nitrogen and oxygen atoms in total. The summed E-state index contributed by atoms with van der Waals surface area (Å²) in [6.45, 7) is 6.36. The summed E-state index contributed by atoms with van der Waals surface area (Å²) >= 11 is 0. The Hall–Kier alpha value is -0.870. The van der Waals surface area contributed by atoms with Crippen LogP contribution in [0.25, 0.3) is 0 Å². The molecule has 0 aromatic carbocycles. The Balaban J connectivity index is 1.94. The number of rotatable bonds is 3. The number of ether oxygens (including phenoxy) is 1. The second-order valence-corrected chi connectivity index (χ2v) is 9.37. The fourth-order valence-electron chi connectivity index (χ4n) is 6.47. The number of aliphatic hydroxyl groups excluding tert-OH is 2. The van der Waals surface area contributed by atoms with Crippen molar-refractivity contribution in [3.63, 3.8) is 0 Å². The molecule has 0 amide bonds. The highest BCUT2D eigenvalue weighted by atomic mass is 16.5. The summed E-state index contributed by atoms with van der Waals surface area (Å²) < 4.78 is 5.19. The first-order chi connectivity index (χ1) is 11.7. The summed E-state index contributed by atoms with van der Waals surface area (Å²) in [6.07, 6.45) is 8.63. The van der Waals surface area contributed by atoms with Crippen molar-refractivity contribution in [3.05, 3.63) is 11.6 Å². The van der Waals surface area contributed by atoms with E-state index < -0.39 is 6.10 Å². The maximum absolute atomic E-state index is 12.6. The van der Waals surface area contributed by atoms with Crippen LogP contribution in [0.1, 0.15) is 65.7 Å². The van der Waals surface area contributed by atoms with Gasteiger partial charge in [0.05, 0.1) is 25.2 Å². The van der Waals surface area contributed by atoms with Crippen LogP contribution in [0.2, 0.25) is 0 Å². The molecule has 0 unspecified atom stereocenters. The fraction of sp³-hybridized carbons (Fsp3) is 0.857. The molecule has 25 heavy (non-hydrogen) atoms. The lowest BCUT2D eigenvalue weighted by Gasteiger charge is -2.59. The summed E-state index contributed by atoms with van der Waals surface area (Å²) in [5.74, 6) is 0.789. The highest BCUT2D eigenvalue weighted by Gasteiger charge is 2.59. The van der Waals surface area contributed by atoms with Crippen LogP contribution in [0.15, 0.2) is 11.6 Å². The number of methoxy groups -OCH3 is 1. The number of aliphatic hydroxyl groups is 2. The van der Waals surface area contributed by atoms with Crippen LogP contribution in [-0.4, -0.2) is 36.0 Å². The summed E-state index contributed by atoms with van der Waals surface area (Å²) in [6, 6.07) is 0. The summed E-state index contributed by atoms with van der Waals surface area (Å²) in [7, 11) is 1.51. The molecule has 0 aromatic rings. The first kappa shape index (κ1) is 18.9. The summed E-state index contributed by atoms with van der Waals surface area (Å²) in [5.41, 5.74) is 0.855. The minimum absolute atomic E-state index is 0.0489. The van der Waals surface area contributed by atoms with Crippen molar-refractivity contribution in [2.45, 2.75) is 71.8 Å². The molecule has 4 heteroatoms. The van der Waals surface area contributed by atoms with E-state index in [9.17, 15) is 15.0 Å². The van der Waals surface area contributed by atoms with E-state index in [0.29, 0.717) is 11.8 Å². The number of hydrogen-bond acceptors (Lipinski definition) is 4. The Bertz CT molecular complexity index is 570. The van der Waals surface area contributed by atoms with Crippen LogP contribution in [0.3, 0.4) is 0 Å². The summed E-state index contributed by atoms with van der Waals surface area (Å²) in [4.78, 5) is 12.6. The van der Waals surface area contributed by atoms with E-state index in [0.717, 1.165) is 44.9 Å². The number of carbonyl (C=O) groups is 1. The van der Waals surface area contributed by atoms with Crippen molar-refractivity contribution >= 4 is 5.97 Å². The Morgan fingerprint density at radius 1 is 1.28 bits per heavy atom. The van der Waals surface area contributed by atoms with Gasteiger partial charge in [0, 0.05) is 5.41 Å². The molecule has 6 atom stereocenters. The number of hydrogen-bond donors (Lipinski definition) is 2. The quantitative estimate of drug-likeness (QED) is 0.604. The molecule has 0 saturated heterocycles. The van der Waals surface area contributed by atoms with E-state index in [2.05, 4.69) is 26.8 Å². The summed E-state index contributed by atoms with van der Waals surface area (Å²) in [5, 5.41) is 19.7. The van der Waals surface area contributed by atoms with E-state index in [4.69, 9.17) is 4.74 Å². The Labute approximate surface area is 151 Å². The first-order valence-corrected chi connectivity index (χ1v) is 9.80. The highest BCUT2D eigenvalue weighted by molar-refractivity contribution is 5.77. The van der Waals surface area contributed by atoms with Gasteiger partial charge in [0.25, 0.3) is 0 Å². The van der Waals surface area contributed by atoms with Crippen molar-refractivity contribution in [2.24, 2.45) is 28.1 Å². The minimum atomic E-state index is -0.696. The molecule has 2 fully saturated rings. The van der Waals surface area contributed by atoms with Crippen LogP contribution in [0, 0.1) is 28.1 Å². The van der Waals surface area contributed by atoms with Gasteiger partial charge in [-0.25, -0.2) is 0 Å². The van der Waals surface area contributed by atoms with Gasteiger partial charge in [0.2, 0.25) is 0 Å². The zero-order valence-corrected chi connectivity index (χ0v) is 16.2. The van der Waals surface area contributed by atoms with Crippen LogP contribution < -0.4 is 0 Å². The van der Waals surface area contributed by atoms with Gasteiger partial charge in [-0.3, -0.25) is 4.79 Å². The van der Waals surface area contributed by atoms with Gasteiger partial charge in [0.1, 0.15) is 0 Å². The molecular formula is C21H34O4. The third kappa shape index (κ3) is 2.76. The topological polar surface area (TPSA) is 66.8 Å². The maximum atomic E-state index is 12.6. The Morgan fingerprint density at radius 2 is 2.00 bits per heavy atom. The predicted octanol–water partition coefficient (Wildman–Crippen LogP) is 3.46. The van der Waals surface area contributed by atoms with Gasteiger partial charge in [-0.1, -0.05) is 31.9 Å². The standard InChI is InChI=1S/C21H34O4/c1-19(17(23)13-22)11-8-15-14(12-19)6-7-16-20(15,2)9-5-10-21(16,3)18(24)25-4/h12,15-17,22-23H,5-11,13H2,1-4H3/t15-,16+,17-,19-,20+,21+/m0/s1. The van der Waals surface area contributed by atoms with Crippen molar-refractivity contribution in [1.29, 1.82) is 0 Å². The number of carbonyl (C=O) groups excluding carboxylic acids is 1. The number of fused-ring (bicyclic) bond motifs is 3. The molecule has 0 aliphatic heterocycles. The molecule has 2 N–H and O–H groups in total. The van der Waals surface area contributed by atoms with E-state index >= 15 is 0 Å². The van der Waals surface area contributed by atoms with E-state index in [-0.39, 0.29) is 28.8 Å². The van der Waals surface area contributed by atoms with Crippen molar-refractivity contribution in [2.75, 3.05) is 13.7 Å². The first-order valence-electron chi connectivity index (χ1n) is 9.80. The smallest absolute Gasteiger partial charge is 0.311 e. The van der Waals surface area contributed by atoms with Crippen molar-refractivity contribution in [3.8, 4) is 0 Å². The van der Waals surface area contributed by atoms with Crippen LogP contribution >= 0.6 is 0 Å². The zero-order chi connectivity index (χ0) is 18.5. The molecule has 0 heterocycles. The van der Waals surface area contributed by atoms with Gasteiger partial charge >= 0.3 is 5.97 Å². The van der Waals surface area contributed by atoms with E-state index in [1.807, 2.05) is 0 Å². The second-order valence-electron chi connectivity index (χ2n) is 9.37. The molecule has 2 saturated carbocycles. The molecule has 3 aliphatic carbocycles. The maximum Gasteiger partial charge on any atom is 0.311 e. The molecule has 3 aliphatic rings. The SMILES string of the molecule is COC(=O)[C@]1(C)CCC[C@@]2(C)[C@H]1CCC1=C[C@@](C)([C@@H](O)CO)CC[C@@H]12. The van der Waals surface area contributed by atoms with Crippen LogP contribution in [0.4, 0.5) is 0 Å². The zero-order valence-electron chi connectivity index (χ0n) is 16.2. The molecule has 0 radical (unpaired) electrons. The lowest BCUT2D eigenvalue weighted by atomic mass is 9.45. The fourth-order valence-corrected chi connectivity index (χ4v) is 6.47. The van der Waals surface area contributed by atoms with Crippen molar-refractivity contribution < 1.29 is 19.7 Å². The lowest BCUT2D eigenvalue weighted by Crippen LogP contribution is -2.54. The highest BCUT2D eigenvalue weighted by Crippen LogP contribution is 2.64. The van der Waals surface area contributed by atoms with Crippen LogP contribution in [0.5, 0.6) is 0 Å². The molecule has 3 rings (SSSR count). The molecule has 0 bridgehead atoms. The largest absolute Gasteiger partial charge is 0.469 e. The number of esters is 1. The molecule has 142 valence electrons. The average molecular weight is 350 g/mol. The van der Waals surface area contributed by atoms with Crippen LogP contribution in [-0.2, 0) is 9.53 Å². The van der Waals surface area contributed by atoms with Crippen molar-refractivity contribution in [1.82, 2.24) is 0 Å². The molecule has 0 spiro atoms. The van der Waals surface area contributed by atoms with E-state index in [1.54, 1.807) is 0 Å². The lowest BCUT2D eigenvalue weighted by molar-refractivity contribution is -0.168. The molecule has 0 aromatic heterocycles. The van der Waals surface area contributed by atoms with Gasteiger partial charge in [-0.05, 0) is 62.7 Å². The number of allylic oxidation sites excluding steroid dienone is 1. The monoisotopic (exact) mass is 350 g/mol. The third-order valence-corrected chi connectivity index (χ3v) is 8.01. The average Bonchev–Trinajstić information content (AvgIpc) is 2.59. The van der Waals surface area contributed by atoms with Gasteiger partial charge in [-0.2, -0.15) is 0 Å².